The molecule has 2 amide bonds. The van der Waals surface area contributed by atoms with Crippen molar-refractivity contribution in [2.24, 2.45) is 0 Å². The van der Waals surface area contributed by atoms with Crippen molar-refractivity contribution >= 4 is 11.8 Å². The minimum absolute atomic E-state index is 0.00948. The molecular weight excluding hydrogens is 292 g/mol. The molecule has 0 bridgehead atoms. The molecule has 0 radical (unpaired) electrons. The van der Waals surface area contributed by atoms with Gasteiger partial charge < -0.3 is 15.0 Å². The van der Waals surface area contributed by atoms with E-state index in [1.807, 2.05) is 0 Å². The first kappa shape index (κ1) is 17.5. The molecule has 0 spiro atoms. The number of amides is 2. The van der Waals surface area contributed by atoms with Crippen LogP contribution in [0.15, 0.2) is 24.3 Å². The lowest BCUT2D eigenvalue weighted by atomic mass is 10.1. The smallest absolute Gasteiger partial charge is 0.253 e. The normalized spacial score (nSPS) is 17.0. The Hall–Kier alpha value is -1.88. The number of hydrogen-bond acceptors (Lipinski definition) is 3. The summed E-state index contributed by atoms with van der Waals surface area (Å²) in [6, 6.07) is 6.83. The molecule has 5 nitrogen and oxygen atoms in total. The molecule has 1 aromatic carbocycles. The number of carbonyl (C=O) groups is 2. The standard InChI is InChI=1S/C18H26N2O3/c1-3-4-11-20(2)18(22)15-9-7-14(8-10-15)17(21)19-13-16-6-5-12-23-16/h7-10,16H,3-6,11-13H2,1-2H3,(H,19,21). The Morgan fingerprint density at radius 2 is 1.96 bits per heavy atom. The third-order valence-electron chi connectivity index (χ3n) is 4.10. The highest BCUT2D eigenvalue weighted by Crippen LogP contribution is 2.11. The number of ether oxygens (including phenoxy) is 1. The molecule has 1 atom stereocenters. The van der Waals surface area contributed by atoms with E-state index in [2.05, 4.69) is 12.2 Å². The monoisotopic (exact) mass is 318 g/mol. The second-order valence-corrected chi connectivity index (χ2v) is 6.00. The van der Waals surface area contributed by atoms with Crippen LogP contribution in [-0.2, 0) is 4.74 Å². The van der Waals surface area contributed by atoms with E-state index in [0.29, 0.717) is 17.7 Å². The summed E-state index contributed by atoms with van der Waals surface area (Å²) in [7, 11) is 1.81. The molecule has 23 heavy (non-hydrogen) atoms. The zero-order valence-corrected chi connectivity index (χ0v) is 14.0. The van der Waals surface area contributed by atoms with Gasteiger partial charge in [0, 0.05) is 37.9 Å². The molecule has 5 heteroatoms. The number of unbranched alkanes of at least 4 members (excludes halogenated alkanes) is 1. The molecule has 1 aromatic rings. The predicted octanol–water partition coefficient (Wildman–Crippen LogP) is 2.47. The van der Waals surface area contributed by atoms with Gasteiger partial charge in [-0.15, -0.1) is 0 Å². The molecule has 1 heterocycles. The Kier molecular flexibility index (Phi) is 6.59. The van der Waals surface area contributed by atoms with E-state index in [1.54, 1.807) is 36.2 Å². The maximum Gasteiger partial charge on any atom is 0.253 e. The SMILES string of the molecule is CCCCN(C)C(=O)c1ccc(C(=O)NCC2CCCO2)cc1. The third kappa shape index (κ3) is 5.06. The molecule has 1 N–H and O–H groups in total. The summed E-state index contributed by atoms with van der Waals surface area (Å²) < 4.78 is 5.48. The molecule has 1 fully saturated rings. The van der Waals surface area contributed by atoms with Crippen LogP contribution in [0.4, 0.5) is 0 Å². The van der Waals surface area contributed by atoms with Gasteiger partial charge >= 0.3 is 0 Å². The number of carbonyl (C=O) groups excluding carboxylic acids is 2. The van der Waals surface area contributed by atoms with Gasteiger partial charge in [-0.1, -0.05) is 13.3 Å². The molecule has 0 aliphatic carbocycles. The van der Waals surface area contributed by atoms with Gasteiger partial charge in [0.25, 0.3) is 11.8 Å². The fraction of sp³-hybridized carbons (Fsp3) is 0.556. The van der Waals surface area contributed by atoms with Crippen molar-refractivity contribution in [1.82, 2.24) is 10.2 Å². The molecule has 1 saturated heterocycles. The van der Waals surface area contributed by atoms with E-state index >= 15 is 0 Å². The topological polar surface area (TPSA) is 58.6 Å². The molecule has 1 aliphatic rings. The van der Waals surface area contributed by atoms with Gasteiger partial charge in [0.2, 0.25) is 0 Å². The van der Waals surface area contributed by atoms with E-state index in [1.165, 1.54) is 0 Å². The maximum atomic E-state index is 12.2. The van der Waals surface area contributed by atoms with Crippen LogP contribution in [0, 0.1) is 0 Å². The third-order valence-corrected chi connectivity index (χ3v) is 4.10. The summed E-state index contributed by atoms with van der Waals surface area (Å²) in [6.45, 7) is 4.17. The van der Waals surface area contributed by atoms with Gasteiger partial charge in [0.05, 0.1) is 6.10 Å². The minimum atomic E-state index is -0.126. The van der Waals surface area contributed by atoms with E-state index in [4.69, 9.17) is 4.74 Å². The van der Waals surface area contributed by atoms with Gasteiger partial charge in [-0.05, 0) is 43.5 Å². The van der Waals surface area contributed by atoms with Crippen LogP contribution >= 0.6 is 0 Å². The fourth-order valence-corrected chi connectivity index (χ4v) is 2.60. The minimum Gasteiger partial charge on any atom is -0.376 e. The van der Waals surface area contributed by atoms with Crippen LogP contribution in [0.1, 0.15) is 53.3 Å². The molecule has 2 rings (SSSR count). The van der Waals surface area contributed by atoms with Crippen LogP contribution in [0.25, 0.3) is 0 Å². The number of benzene rings is 1. The summed E-state index contributed by atoms with van der Waals surface area (Å²) in [5.41, 5.74) is 1.18. The fourth-order valence-electron chi connectivity index (χ4n) is 2.60. The number of hydrogen-bond donors (Lipinski definition) is 1. The van der Waals surface area contributed by atoms with Gasteiger partial charge in [-0.3, -0.25) is 9.59 Å². The average Bonchev–Trinajstić information content (AvgIpc) is 3.10. The Labute approximate surface area is 138 Å². The summed E-state index contributed by atoms with van der Waals surface area (Å²) >= 11 is 0. The quantitative estimate of drug-likeness (QED) is 0.840. The Morgan fingerprint density at radius 3 is 2.57 bits per heavy atom. The summed E-state index contributed by atoms with van der Waals surface area (Å²) in [6.07, 6.45) is 4.24. The predicted molar refractivity (Wildman–Crippen MR) is 89.6 cm³/mol. The number of rotatable bonds is 7. The van der Waals surface area contributed by atoms with Crippen LogP contribution in [0.3, 0.4) is 0 Å². The van der Waals surface area contributed by atoms with Crippen molar-refractivity contribution in [3.8, 4) is 0 Å². The molecular formula is C18H26N2O3. The lowest BCUT2D eigenvalue weighted by Crippen LogP contribution is -2.32. The van der Waals surface area contributed by atoms with E-state index < -0.39 is 0 Å². The van der Waals surface area contributed by atoms with Gasteiger partial charge in [0.15, 0.2) is 0 Å². The molecule has 1 unspecified atom stereocenters. The average molecular weight is 318 g/mol. The van der Waals surface area contributed by atoms with Crippen LogP contribution in [-0.4, -0.2) is 49.6 Å². The van der Waals surface area contributed by atoms with Crippen molar-refractivity contribution in [2.75, 3.05) is 26.7 Å². The first-order valence-corrected chi connectivity index (χ1v) is 8.37. The number of nitrogens with zero attached hydrogens (tertiary/aromatic N) is 1. The van der Waals surface area contributed by atoms with Crippen LogP contribution in [0.5, 0.6) is 0 Å². The second kappa shape index (κ2) is 8.67. The second-order valence-electron chi connectivity index (χ2n) is 6.00. The van der Waals surface area contributed by atoms with Crippen molar-refractivity contribution < 1.29 is 14.3 Å². The lowest BCUT2D eigenvalue weighted by molar-refractivity contribution is 0.0792. The van der Waals surface area contributed by atoms with E-state index in [0.717, 1.165) is 38.8 Å². The van der Waals surface area contributed by atoms with Gasteiger partial charge in [0.1, 0.15) is 0 Å². The van der Waals surface area contributed by atoms with Gasteiger partial charge in [-0.2, -0.15) is 0 Å². The Morgan fingerprint density at radius 1 is 1.26 bits per heavy atom. The van der Waals surface area contributed by atoms with Crippen LogP contribution < -0.4 is 5.32 Å². The highest BCUT2D eigenvalue weighted by Gasteiger charge is 2.17. The first-order chi connectivity index (χ1) is 11.1. The highest BCUT2D eigenvalue weighted by atomic mass is 16.5. The molecule has 0 aromatic heterocycles. The van der Waals surface area contributed by atoms with Gasteiger partial charge in [-0.25, -0.2) is 0 Å². The van der Waals surface area contributed by atoms with Crippen molar-refractivity contribution in [1.29, 1.82) is 0 Å². The largest absolute Gasteiger partial charge is 0.376 e. The van der Waals surface area contributed by atoms with E-state index in [-0.39, 0.29) is 17.9 Å². The summed E-state index contributed by atoms with van der Waals surface area (Å²) in [4.78, 5) is 26.1. The summed E-state index contributed by atoms with van der Waals surface area (Å²) in [5.74, 6) is -0.136. The lowest BCUT2D eigenvalue weighted by Gasteiger charge is -2.17. The zero-order valence-electron chi connectivity index (χ0n) is 14.0. The van der Waals surface area contributed by atoms with Crippen molar-refractivity contribution in [3.63, 3.8) is 0 Å². The van der Waals surface area contributed by atoms with Crippen molar-refractivity contribution in [2.45, 2.75) is 38.7 Å². The molecule has 1 aliphatic heterocycles. The maximum absolute atomic E-state index is 12.2. The molecule has 0 saturated carbocycles. The Balaban J connectivity index is 1.87. The number of nitrogens with one attached hydrogen (secondary N) is 1. The van der Waals surface area contributed by atoms with E-state index in [9.17, 15) is 9.59 Å². The summed E-state index contributed by atoms with van der Waals surface area (Å²) in [5, 5.41) is 2.88. The highest BCUT2D eigenvalue weighted by molar-refractivity contribution is 5.97. The van der Waals surface area contributed by atoms with Crippen molar-refractivity contribution in [3.05, 3.63) is 35.4 Å². The molecule has 126 valence electrons. The first-order valence-electron chi connectivity index (χ1n) is 8.37. The Bertz CT molecular complexity index is 522. The zero-order chi connectivity index (χ0) is 16.7. The van der Waals surface area contributed by atoms with Crippen LogP contribution in [0.2, 0.25) is 0 Å².